The van der Waals surface area contributed by atoms with Crippen molar-refractivity contribution in [2.75, 3.05) is 0 Å². The lowest BCUT2D eigenvalue weighted by molar-refractivity contribution is 0.360. The summed E-state index contributed by atoms with van der Waals surface area (Å²) < 4.78 is 0. The Morgan fingerprint density at radius 2 is 0.846 bits per heavy atom. The summed E-state index contributed by atoms with van der Waals surface area (Å²) in [7, 11) is 0. The molecule has 0 amide bonds. The molecule has 0 aliphatic heterocycles. The van der Waals surface area contributed by atoms with Gasteiger partial charge in [0.05, 0.1) is 5.56 Å². The third-order valence-electron chi connectivity index (χ3n) is 7.85. The van der Waals surface area contributed by atoms with Crippen LogP contribution in [0.3, 0.4) is 0 Å². The van der Waals surface area contributed by atoms with Crippen molar-refractivity contribution in [1.82, 2.24) is 0 Å². The molecule has 4 heteroatoms. The largest absolute Gasteiger partial charge is 0.507 e. The second kappa shape index (κ2) is 8.40. The van der Waals surface area contributed by atoms with Gasteiger partial charge in [0, 0.05) is 11.1 Å². The molecule has 7 rings (SSSR count). The average Bonchev–Trinajstić information content (AvgIpc) is 2.98. The second-order valence-electron chi connectivity index (χ2n) is 9.93. The monoisotopic (exact) mass is 508 g/mol. The van der Waals surface area contributed by atoms with Crippen LogP contribution in [0.1, 0.15) is 5.56 Å². The number of fused-ring (bicyclic) bond motifs is 5. The molecule has 0 radical (unpaired) electrons. The van der Waals surface area contributed by atoms with Crippen LogP contribution in [0.15, 0.2) is 103 Å². The Morgan fingerprint density at radius 1 is 0.385 bits per heavy atom. The van der Waals surface area contributed by atoms with E-state index in [4.69, 9.17) is 0 Å². The first-order valence-electron chi connectivity index (χ1n) is 12.8. The molecule has 7 aromatic carbocycles. The lowest BCUT2D eigenvalue weighted by Gasteiger charge is -2.21. The summed E-state index contributed by atoms with van der Waals surface area (Å²) in [6.07, 6.45) is 0. The van der Waals surface area contributed by atoms with Crippen LogP contribution in [-0.4, -0.2) is 20.4 Å². The summed E-state index contributed by atoms with van der Waals surface area (Å²) >= 11 is 0. The molecule has 0 heterocycles. The minimum Gasteiger partial charge on any atom is -0.507 e. The van der Waals surface area contributed by atoms with Crippen molar-refractivity contribution >= 4 is 43.1 Å². The molecular formula is C35H24O4. The zero-order valence-corrected chi connectivity index (χ0v) is 21.1. The van der Waals surface area contributed by atoms with Crippen molar-refractivity contribution < 1.29 is 20.4 Å². The van der Waals surface area contributed by atoms with Crippen LogP contribution in [0.4, 0.5) is 0 Å². The standard InChI is InChI=1S/C35H24O4/c1-19-32(36)31(34(38)35(39)33(19)37)30-26-16-8-6-14-24(26)29(25-15-7-9-17-27(25)30)28-18-20-10-2-3-11-21(20)22-12-4-5-13-23(22)28/h2-18,36-39H,1H3. The summed E-state index contributed by atoms with van der Waals surface area (Å²) in [6.45, 7) is 1.51. The van der Waals surface area contributed by atoms with Crippen LogP contribution >= 0.6 is 0 Å². The molecule has 0 unspecified atom stereocenters. The molecule has 4 nitrogen and oxygen atoms in total. The molecule has 0 fully saturated rings. The number of aromatic hydroxyl groups is 4. The molecule has 0 saturated heterocycles. The highest BCUT2D eigenvalue weighted by Gasteiger charge is 2.26. The van der Waals surface area contributed by atoms with Crippen molar-refractivity contribution in [3.05, 3.63) is 109 Å². The summed E-state index contributed by atoms with van der Waals surface area (Å²) in [6, 6.07) is 34.8. The molecule has 0 spiro atoms. The predicted molar refractivity (Wildman–Crippen MR) is 159 cm³/mol. The molecule has 39 heavy (non-hydrogen) atoms. The molecule has 7 aromatic rings. The maximum absolute atomic E-state index is 11.2. The van der Waals surface area contributed by atoms with Gasteiger partial charge in [-0.25, -0.2) is 0 Å². The highest BCUT2D eigenvalue weighted by molar-refractivity contribution is 6.26. The molecule has 0 saturated carbocycles. The van der Waals surface area contributed by atoms with Gasteiger partial charge in [-0.2, -0.15) is 0 Å². The number of rotatable bonds is 2. The molecule has 0 aromatic heterocycles. The zero-order chi connectivity index (χ0) is 26.8. The van der Waals surface area contributed by atoms with Gasteiger partial charge in [0.25, 0.3) is 0 Å². The lowest BCUT2D eigenvalue weighted by Crippen LogP contribution is -1.94. The van der Waals surface area contributed by atoms with E-state index in [-0.39, 0.29) is 16.9 Å². The van der Waals surface area contributed by atoms with E-state index in [0.717, 1.165) is 48.8 Å². The highest BCUT2D eigenvalue weighted by atomic mass is 16.3. The van der Waals surface area contributed by atoms with E-state index < -0.39 is 17.2 Å². The van der Waals surface area contributed by atoms with E-state index in [1.165, 1.54) is 12.3 Å². The fraction of sp³-hybridized carbons (Fsp3) is 0.0286. The van der Waals surface area contributed by atoms with Crippen LogP contribution in [0, 0.1) is 6.92 Å². The Labute approximate surface area is 224 Å². The molecule has 0 atom stereocenters. The molecule has 0 aliphatic rings. The fourth-order valence-electron chi connectivity index (χ4n) is 6.01. The first-order valence-corrected chi connectivity index (χ1v) is 12.8. The Hall–Kier alpha value is -5.22. The maximum atomic E-state index is 11.2. The Balaban J connectivity index is 1.72. The maximum Gasteiger partial charge on any atom is 0.201 e. The normalized spacial score (nSPS) is 11.6. The van der Waals surface area contributed by atoms with Crippen molar-refractivity contribution in [2.24, 2.45) is 0 Å². The Morgan fingerprint density at radius 3 is 1.44 bits per heavy atom. The van der Waals surface area contributed by atoms with Gasteiger partial charge < -0.3 is 20.4 Å². The van der Waals surface area contributed by atoms with E-state index >= 15 is 0 Å². The molecule has 4 N–H and O–H groups in total. The summed E-state index contributed by atoms with van der Waals surface area (Å²) in [5.41, 5.74) is 2.90. The zero-order valence-electron chi connectivity index (χ0n) is 21.1. The number of hydrogen-bond acceptors (Lipinski definition) is 4. The van der Waals surface area contributed by atoms with Gasteiger partial charge in [0.15, 0.2) is 11.5 Å². The van der Waals surface area contributed by atoms with Gasteiger partial charge >= 0.3 is 0 Å². The molecule has 188 valence electrons. The van der Waals surface area contributed by atoms with Crippen LogP contribution in [0.5, 0.6) is 23.0 Å². The quantitative estimate of drug-likeness (QED) is 0.0814. The number of phenols is 4. The number of benzene rings is 7. The average molecular weight is 509 g/mol. The van der Waals surface area contributed by atoms with E-state index in [9.17, 15) is 20.4 Å². The van der Waals surface area contributed by atoms with Gasteiger partial charge in [0.1, 0.15) is 5.75 Å². The lowest BCUT2D eigenvalue weighted by atomic mass is 9.83. The van der Waals surface area contributed by atoms with Gasteiger partial charge in [-0.3, -0.25) is 0 Å². The van der Waals surface area contributed by atoms with Gasteiger partial charge in [-0.1, -0.05) is 97.1 Å². The summed E-state index contributed by atoms with van der Waals surface area (Å²) in [5, 5.41) is 51.1. The van der Waals surface area contributed by atoms with E-state index in [1.54, 1.807) is 0 Å². The third kappa shape index (κ3) is 3.18. The summed E-state index contributed by atoms with van der Waals surface area (Å²) in [4.78, 5) is 0. The first kappa shape index (κ1) is 22.9. The highest BCUT2D eigenvalue weighted by Crippen LogP contribution is 2.55. The number of phenolic OH excluding ortho intramolecular Hbond substituents is 4. The van der Waals surface area contributed by atoms with Gasteiger partial charge in [-0.15, -0.1) is 0 Å². The van der Waals surface area contributed by atoms with Crippen molar-refractivity contribution in [1.29, 1.82) is 0 Å². The van der Waals surface area contributed by atoms with Gasteiger partial charge in [-0.05, 0) is 67.2 Å². The van der Waals surface area contributed by atoms with Crippen molar-refractivity contribution in [2.45, 2.75) is 6.92 Å². The van der Waals surface area contributed by atoms with E-state index in [2.05, 4.69) is 48.5 Å². The Kier molecular flexibility index (Phi) is 4.94. The Bertz CT molecular complexity index is 2040. The minimum atomic E-state index is -0.655. The van der Waals surface area contributed by atoms with Crippen LogP contribution in [0.2, 0.25) is 0 Å². The van der Waals surface area contributed by atoms with Crippen LogP contribution < -0.4 is 0 Å². The predicted octanol–water partition coefficient (Wildman–Crippen LogP) is 8.76. The smallest absolute Gasteiger partial charge is 0.201 e. The minimum absolute atomic E-state index is 0.0881. The SMILES string of the molecule is Cc1c(O)c(O)c(O)c(-c2c3ccccc3c(-c3cc4ccccc4c4ccccc34)c3ccccc23)c1O. The molecule has 0 bridgehead atoms. The summed E-state index contributed by atoms with van der Waals surface area (Å²) in [5.74, 6) is -2.03. The topological polar surface area (TPSA) is 80.9 Å². The second-order valence-corrected chi connectivity index (χ2v) is 9.93. The molecular weight excluding hydrogens is 484 g/mol. The van der Waals surface area contributed by atoms with Gasteiger partial charge in [0.2, 0.25) is 5.75 Å². The number of hydrogen-bond donors (Lipinski definition) is 4. The van der Waals surface area contributed by atoms with Crippen molar-refractivity contribution in [3.8, 4) is 45.3 Å². The first-order chi connectivity index (χ1) is 19.0. The van der Waals surface area contributed by atoms with Crippen LogP contribution in [0.25, 0.3) is 65.3 Å². The van der Waals surface area contributed by atoms with E-state index in [0.29, 0.717) is 5.56 Å². The third-order valence-corrected chi connectivity index (χ3v) is 7.85. The van der Waals surface area contributed by atoms with Crippen LogP contribution in [-0.2, 0) is 0 Å². The van der Waals surface area contributed by atoms with E-state index in [1.807, 2.05) is 54.6 Å². The fourth-order valence-corrected chi connectivity index (χ4v) is 6.01. The molecule has 0 aliphatic carbocycles. The van der Waals surface area contributed by atoms with Crippen molar-refractivity contribution in [3.63, 3.8) is 0 Å².